The first-order valence-electron chi connectivity index (χ1n) is 12.6. The quantitative estimate of drug-likeness (QED) is 0.137. The predicted octanol–water partition coefficient (Wildman–Crippen LogP) is 7.45. The molecule has 0 bridgehead atoms. The molecule has 0 spiro atoms. The van der Waals surface area contributed by atoms with Crippen molar-refractivity contribution in [1.29, 1.82) is 0 Å². The van der Waals surface area contributed by atoms with Gasteiger partial charge in [-0.25, -0.2) is 0 Å². The maximum atomic E-state index is 11.7. The predicted molar refractivity (Wildman–Crippen MR) is 125 cm³/mol. The third-order valence-corrected chi connectivity index (χ3v) is 7.32. The van der Waals surface area contributed by atoms with Crippen molar-refractivity contribution in [2.45, 2.75) is 154 Å². The lowest BCUT2D eigenvalue weighted by Gasteiger charge is -2.14. The van der Waals surface area contributed by atoms with Gasteiger partial charge in [0, 0.05) is 0 Å². The van der Waals surface area contributed by atoms with Crippen molar-refractivity contribution in [3.05, 3.63) is 0 Å². The number of rotatable bonds is 22. The standard InChI is InChI=1S/C24H50O4S/c1-3-5-7-8-9-10-11-12-13-14-17-21-24(29(26,27)28)22-18-15-16-20-23(25)19-6-4-2/h23-25H,3-22H2,1-2H3,(H,26,27,28). The topological polar surface area (TPSA) is 74.6 Å². The number of aliphatic hydroxyl groups excluding tert-OH is 1. The van der Waals surface area contributed by atoms with Gasteiger partial charge in [-0.3, -0.25) is 4.55 Å². The van der Waals surface area contributed by atoms with Crippen molar-refractivity contribution >= 4 is 10.1 Å². The van der Waals surface area contributed by atoms with Crippen LogP contribution in [-0.2, 0) is 10.1 Å². The van der Waals surface area contributed by atoms with E-state index in [2.05, 4.69) is 13.8 Å². The summed E-state index contributed by atoms with van der Waals surface area (Å²) in [6.45, 7) is 4.37. The fourth-order valence-corrected chi connectivity index (χ4v) is 4.92. The average molecular weight is 435 g/mol. The van der Waals surface area contributed by atoms with Crippen LogP contribution in [0.15, 0.2) is 0 Å². The molecule has 2 unspecified atom stereocenters. The molecule has 0 rings (SSSR count). The van der Waals surface area contributed by atoms with Crippen LogP contribution < -0.4 is 0 Å². The van der Waals surface area contributed by atoms with E-state index in [1.165, 1.54) is 57.8 Å². The largest absolute Gasteiger partial charge is 0.393 e. The highest BCUT2D eigenvalue weighted by atomic mass is 32.2. The van der Waals surface area contributed by atoms with E-state index in [1.54, 1.807) is 0 Å². The summed E-state index contributed by atoms with van der Waals surface area (Å²) in [5.41, 5.74) is 0. The van der Waals surface area contributed by atoms with Gasteiger partial charge in [-0.15, -0.1) is 0 Å². The highest BCUT2D eigenvalue weighted by Crippen LogP contribution is 2.20. The molecule has 0 aliphatic rings. The zero-order chi connectivity index (χ0) is 21.8. The van der Waals surface area contributed by atoms with Crippen LogP contribution >= 0.6 is 0 Å². The minimum absolute atomic E-state index is 0.219. The van der Waals surface area contributed by atoms with Crippen molar-refractivity contribution in [1.82, 2.24) is 0 Å². The molecule has 0 aliphatic carbocycles. The average Bonchev–Trinajstić information content (AvgIpc) is 2.67. The third kappa shape index (κ3) is 19.6. The van der Waals surface area contributed by atoms with Gasteiger partial charge in [-0.2, -0.15) is 8.42 Å². The van der Waals surface area contributed by atoms with E-state index in [9.17, 15) is 18.1 Å². The SMILES string of the molecule is CCCCCCCCCCCCCC(CCCCCC(O)CCCC)S(=O)(=O)O. The molecule has 0 saturated carbocycles. The zero-order valence-electron chi connectivity index (χ0n) is 19.4. The van der Waals surface area contributed by atoms with Gasteiger partial charge in [-0.05, 0) is 25.7 Å². The second kappa shape index (κ2) is 19.8. The highest BCUT2D eigenvalue weighted by molar-refractivity contribution is 7.86. The Morgan fingerprint density at radius 2 is 0.897 bits per heavy atom. The van der Waals surface area contributed by atoms with Gasteiger partial charge in [-0.1, -0.05) is 117 Å². The van der Waals surface area contributed by atoms with Crippen LogP contribution in [0.25, 0.3) is 0 Å². The molecule has 0 aromatic carbocycles. The summed E-state index contributed by atoms with van der Waals surface area (Å²) in [5.74, 6) is 0. The van der Waals surface area contributed by atoms with Crippen molar-refractivity contribution < 1.29 is 18.1 Å². The molecule has 2 N–H and O–H groups in total. The van der Waals surface area contributed by atoms with Crippen molar-refractivity contribution in [2.75, 3.05) is 0 Å². The number of hydrogen-bond donors (Lipinski definition) is 2. The van der Waals surface area contributed by atoms with E-state index in [-0.39, 0.29) is 6.10 Å². The first kappa shape index (κ1) is 28.9. The number of aliphatic hydroxyl groups is 1. The van der Waals surface area contributed by atoms with Gasteiger partial charge >= 0.3 is 0 Å². The van der Waals surface area contributed by atoms with E-state index in [1.807, 2.05) is 0 Å². The molecule has 0 fully saturated rings. The third-order valence-electron chi connectivity index (χ3n) is 6.01. The molecule has 5 heteroatoms. The molecule has 0 radical (unpaired) electrons. The maximum absolute atomic E-state index is 11.7. The Balaban J connectivity index is 3.72. The Kier molecular flexibility index (Phi) is 19.7. The monoisotopic (exact) mass is 434 g/mol. The lowest BCUT2D eigenvalue weighted by atomic mass is 10.0. The Morgan fingerprint density at radius 1 is 0.552 bits per heavy atom. The van der Waals surface area contributed by atoms with Gasteiger partial charge in [0.1, 0.15) is 0 Å². The van der Waals surface area contributed by atoms with E-state index in [0.717, 1.165) is 57.8 Å². The molecule has 0 heterocycles. The van der Waals surface area contributed by atoms with Gasteiger partial charge in [0.15, 0.2) is 0 Å². The number of unbranched alkanes of at least 4 members (excludes halogenated alkanes) is 13. The van der Waals surface area contributed by atoms with Gasteiger partial charge in [0.05, 0.1) is 11.4 Å². The van der Waals surface area contributed by atoms with Crippen LogP contribution in [0.2, 0.25) is 0 Å². The minimum Gasteiger partial charge on any atom is -0.393 e. The van der Waals surface area contributed by atoms with Crippen LogP contribution in [0.5, 0.6) is 0 Å². The van der Waals surface area contributed by atoms with Gasteiger partial charge < -0.3 is 5.11 Å². The molecule has 176 valence electrons. The van der Waals surface area contributed by atoms with E-state index >= 15 is 0 Å². The van der Waals surface area contributed by atoms with Crippen LogP contribution in [0.3, 0.4) is 0 Å². The fraction of sp³-hybridized carbons (Fsp3) is 1.00. The first-order valence-corrected chi connectivity index (χ1v) is 14.1. The normalized spacial score (nSPS) is 14.2. The smallest absolute Gasteiger partial charge is 0.267 e. The van der Waals surface area contributed by atoms with Crippen molar-refractivity contribution in [3.8, 4) is 0 Å². The van der Waals surface area contributed by atoms with Crippen molar-refractivity contribution in [3.63, 3.8) is 0 Å². The molecule has 0 aromatic heterocycles. The van der Waals surface area contributed by atoms with Crippen LogP contribution in [0.1, 0.15) is 142 Å². The van der Waals surface area contributed by atoms with Crippen LogP contribution in [-0.4, -0.2) is 29.4 Å². The summed E-state index contributed by atoms with van der Waals surface area (Å²) in [5, 5.41) is 9.25. The molecule has 0 saturated heterocycles. The van der Waals surface area contributed by atoms with E-state index < -0.39 is 15.4 Å². The molecular weight excluding hydrogens is 384 g/mol. The summed E-state index contributed by atoms with van der Waals surface area (Å²) in [6, 6.07) is 0. The Hall–Kier alpha value is -0.130. The molecule has 0 aliphatic heterocycles. The molecule has 0 amide bonds. The molecular formula is C24H50O4S. The number of hydrogen-bond acceptors (Lipinski definition) is 3. The zero-order valence-corrected chi connectivity index (χ0v) is 20.2. The van der Waals surface area contributed by atoms with Gasteiger partial charge in [0.25, 0.3) is 10.1 Å². The lowest BCUT2D eigenvalue weighted by Crippen LogP contribution is -2.20. The van der Waals surface area contributed by atoms with E-state index in [4.69, 9.17) is 0 Å². The Bertz CT molecular complexity index is 436. The van der Waals surface area contributed by atoms with Crippen LogP contribution in [0, 0.1) is 0 Å². The van der Waals surface area contributed by atoms with Crippen LogP contribution in [0.4, 0.5) is 0 Å². The Labute approximate surface area is 182 Å². The summed E-state index contributed by atoms with van der Waals surface area (Å²) in [7, 11) is -3.94. The maximum Gasteiger partial charge on any atom is 0.267 e. The second-order valence-corrected chi connectivity index (χ2v) is 10.6. The summed E-state index contributed by atoms with van der Waals surface area (Å²) in [4.78, 5) is 0. The lowest BCUT2D eigenvalue weighted by molar-refractivity contribution is 0.148. The van der Waals surface area contributed by atoms with E-state index in [0.29, 0.717) is 12.8 Å². The molecule has 29 heavy (non-hydrogen) atoms. The minimum atomic E-state index is -3.94. The summed E-state index contributed by atoms with van der Waals surface area (Å²) >= 11 is 0. The fourth-order valence-electron chi connectivity index (χ4n) is 3.99. The second-order valence-electron chi connectivity index (χ2n) is 8.90. The van der Waals surface area contributed by atoms with Crippen molar-refractivity contribution in [2.24, 2.45) is 0 Å². The highest BCUT2D eigenvalue weighted by Gasteiger charge is 2.21. The Morgan fingerprint density at radius 3 is 1.34 bits per heavy atom. The summed E-state index contributed by atoms with van der Waals surface area (Å²) in [6.07, 6.45) is 21.1. The van der Waals surface area contributed by atoms with Gasteiger partial charge in [0.2, 0.25) is 0 Å². The first-order chi connectivity index (χ1) is 13.9. The molecule has 0 aromatic rings. The molecule has 4 nitrogen and oxygen atoms in total. The molecule has 2 atom stereocenters. The summed E-state index contributed by atoms with van der Waals surface area (Å²) < 4.78 is 32.8.